The molecule has 0 aromatic carbocycles. The number of allylic oxidation sites excluding steroid dienone is 1. The number of hydrogen-bond donors (Lipinski definition) is 0. The lowest BCUT2D eigenvalue weighted by Gasteiger charge is -2.07. The van der Waals surface area contributed by atoms with Crippen LogP contribution in [0.15, 0.2) is 12.2 Å². The zero-order valence-electron chi connectivity index (χ0n) is 7.04. The summed E-state index contributed by atoms with van der Waals surface area (Å²) >= 11 is 4.96. The number of carbonyl (C=O) groups is 2. The molecule has 0 saturated carbocycles. The van der Waals surface area contributed by atoms with Crippen LogP contribution in [0.5, 0.6) is 0 Å². The molecule has 0 N–H and O–H groups in total. The first-order valence-corrected chi connectivity index (χ1v) is 4.02. The van der Waals surface area contributed by atoms with E-state index in [1.807, 2.05) is 6.92 Å². The molecule has 0 heterocycles. The Morgan fingerprint density at radius 1 is 1.50 bits per heavy atom. The molecular weight excluding hydrogens is 180 g/mol. The Morgan fingerprint density at radius 2 is 2.08 bits per heavy atom. The summed E-state index contributed by atoms with van der Waals surface area (Å²) < 4.78 is 4.81. The predicted molar refractivity (Wildman–Crippen MR) is 45.8 cm³/mol. The third kappa shape index (κ3) is 5.92. The maximum Gasteiger partial charge on any atom is 0.331 e. The minimum absolute atomic E-state index is 0.132. The molecular formula is C8H11ClO3. The highest BCUT2D eigenvalue weighted by molar-refractivity contribution is 6.66. The molecule has 0 radical (unpaired) electrons. The number of esters is 1. The van der Waals surface area contributed by atoms with Gasteiger partial charge in [0.1, 0.15) is 0 Å². The lowest BCUT2D eigenvalue weighted by atomic mass is 10.3. The maximum absolute atomic E-state index is 10.8. The first kappa shape index (κ1) is 11.2. The van der Waals surface area contributed by atoms with E-state index in [-0.39, 0.29) is 6.10 Å². The first-order chi connectivity index (χ1) is 5.56. The largest absolute Gasteiger partial charge is 0.460 e. The Hall–Kier alpha value is -0.830. The van der Waals surface area contributed by atoms with Crippen molar-refractivity contribution in [3.8, 4) is 0 Å². The van der Waals surface area contributed by atoms with E-state index in [0.717, 1.165) is 18.6 Å². The van der Waals surface area contributed by atoms with Crippen molar-refractivity contribution in [3.63, 3.8) is 0 Å². The molecule has 0 fully saturated rings. The van der Waals surface area contributed by atoms with E-state index in [1.54, 1.807) is 6.92 Å². The van der Waals surface area contributed by atoms with Gasteiger partial charge in [0, 0.05) is 12.2 Å². The van der Waals surface area contributed by atoms with Crippen LogP contribution in [0.4, 0.5) is 0 Å². The number of ether oxygens (including phenoxy) is 1. The summed E-state index contributed by atoms with van der Waals surface area (Å²) in [5, 5.41) is -0.684. The second-order valence-corrected chi connectivity index (χ2v) is 2.67. The van der Waals surface area contributed by atoms with Crippen LogP contribution in [-0.4, -0.2) is 17.3 Å². The molecule has 0 aliphatic rings. The van der Waals surface area contributed by atoms with Crippen molar-refractivity contribution in [2.45, 2.75) is 26.4 Å². The Balaban J connectivity index is 3.81. The Labute approximate surface area is 76.3 Å². The number of halogens is 1. The lowest BCUT2D eigenvalue weighted by Crippen LogP contribution is -2.11. The Kier molecular flexibility index (Phi) is 5.37. The predicted octanol–water partition coefficient (Wildman–Crippen LogP) is 1.65. The molecule has 0 aromatic rings. The van der Waals surface area contributed by atoms with Crippen LogP contribution in [0.25, 0.3) is 0 Å². The summed E-state index contributed by atoms with van der Waals surface area (Å²) in [7, 11) is 0. The zero-order chi connectivity index (χ0) is 9.56. The van der Waals surface area contributed by atoms with Crippen molar-refractivity contribution in [1.82, 2.24) is 0 Å². The second kappa shape index (κ2) is 5.77. The Morgan fingerprint density at radius 3 is 2.50 bits per heavy atom. The SMILES string of the molecule is CCC(C)OC(=O)/C=C/C(=O)Cl. The minimum Gasteiger partial charge on any atom is -0.460 e. The van der Waals surface area contributed by atoms with Crippen LogP contribution in [0, 0.1) is 0 Å². The monoisotopic (exact) mass is 190 g/mol. The van der Waals surface area contributed by atoms with E-state index in [1.165, 1.54) is 0 Å². The molecule has 1 atom stereocenters. The van der Waals surface area contributed by atoms with Crippen LogP contribution < -0.4 is 0 Å². The van der Waals surface area contributed by atoms with Gasteiger partial charge in [-0.15, -0.1) is 0 Å². The van der Waals surface area contributed by atoms with Crippen LogP contribution in [0.1, 0.15) is 20.3 Å². The fourth-order valence-corrected chi connectivity index (χ4v) is 0.517. The van der Waals surface area contributed by atoms with Gasteiger partial charge in [0.15, 0.2) is 0 Å². The smallest absolute Gasteiger partial charge is 0.331 e. The molecule has 0 amide bonds. The van der Waals surface area contributed by atoms with E-state index in [2.05, 4.69) is 0 Å². The molecule has 3 nitrogen and oxygen atoms in total. The molecule has 0 aliphatic heterocycles. The molecule has 4 heteroatoms. The van der Waals surface area contributed by atoms with Crippen LogP contribution >= 0.6 is 11.6 Å². The summed E-state index contributed by atoms with van der Waals surface area (Å²) in [5.74, 6) is -0.543. The molecule has 0 spiro atoms. The van der Waals surface area contributed by atoms with Crippen molar-refractivity contribution in [3.05, 3.63) is 12.2 Å². The zero-order valence-corrected chi connectivity index (χ0v) is 7.80. The van der Waals surface area contributed by atoms with Crippen molar-refractivity contribution >= 4 is 22.8 Å². The van der Waals surface area contributed by atoms with Gasteiger partial charge in [-0.25, -0.2) is 4.79 Å². The van der Waals surface area contributed by atoms with Gasteiger partial charge in [0.2, 0.25) is 5.24 Å². The van der Waals surface area contributed by atoms with Gasteiger partial charge in [-0.05, 0) is 24.9 Å². The number of rotatable bonds is 4. The van der Waals surface area contributed by atoms with E-state index >= 15 is 0 Å². The van der Waals surface area contributed by atoms with Gasteiger partial charge in [-0.3, -0.25) is 4.79 Å². The van der Waals surface area contributed by atoms with Crippen LogP contribution in [0.3, 0.4) is 0 Å². The third-order valence-electron chi connectivity index (χ3n) is 1.24. The molecule has 0 bridgehead atoms. The van der Waals surface area contributed by atoms with Crippen molar-refractivity contribution in [2.75, 3.05) is 0 Å². The number of hydrogen-bond acceptors (Lipinski definition) is 3. The fourth-order valence-electron chi connectivity index (χ4n) is 0.454. The molecule has 0 rings (SSSR count). The van der Waals surface area contributed by atoms with Crippen LogP contribution in [-0.2, 0) is 14.3 Å². The molecule has 12 heavy (non-hydrogen) atoms. The quantitative estimate of drug-likeness (QED) is 0.385. The highest BCUT2D eigenvalue weighted by Crippen LogP contribution is 1.97. The Bertz CT molecular complexity index is 198. The van der Waals surface area contributed by atoms with Gasteiger partial charge < -0.3 is 4.74 Å². The summed E-state index contributed by atoms with van der Waals surface area (Å²) in [4.78, 5) is 21.0. The van der Waals surface area contributed by atoms with Gasteiger partial charge in [-0.2, -0.15) is 0 Å². The summed E-state index contributed by atoms with van der Waals surface area (Å²) in [6.45, 7) is 3.67. The summed E-state index contributed by atoms with van der Waals surface area (Å²) in [5.41, 5.74) is 0. The van der Waals surface area contributed by atoms with Gasteiger partial charge in [-0.1, -0.05) is 6.92 Å². The highest BCUT2D eigenvalue weighted by Gasteiger charge is 2.03. The van der Waals surface area contributed by atoms with Crippen molar-refractivity contribution in [2.24, 2.45) is 0 Å². The minimum atomic E-state index is -0.684. The second-order valence-electron chi connectivity index (χ2n) is 2.29. The average molecular weight is 191 g/mol. The highest BCUT2D eigenvalue weighted by atomic mass is 35.5. The van der Waals surface area contributed by atoms with E-state index in [9.17, 15) is 9.59 Å². The summed E-state index contributed by atoms with van der Waals surface area (Å²) in [6.07, 6.45) is 2.59. The molecule has 1 unspecified atom stereocenters. The molecule has 0 saturated heterocycles. The number of carbonyl (C=O) groups excluding carboxylic acids is 2. The molecule has 0 aliphatic carbocycles. The van der Waals surface area contributed by atoms with E-state index < -0.39 is 11.2 Å². The lowest BCUT2D eigenvalue weighted by molar-refractivity contribution is -0.142. The topological polar surface area (TPSA) is 43.4 Å². The van der Waals surface area contributed by atoms with Crippen molar-refractivity contribution < 1.29 is 14.3 Å². The van der Waals surface area contributed by atoms with Gasteiger partial charge >= 0.3 is 5.97 Å². The van der Waals surface area contributed by atoms with Gasteiger partial charge in [0.05, 0.1) is 6.10 Å². The molecule has 68 valence electrons. The normalized spacial score (nSPS) is 12.9. The fraction of sp³-hybridized carbons (Fsp3) is 0.500. The molecule has 0 aromatic heterocycles. The standard InChI is InChI=1S/C8H11ClO3/c1-3-6(2)12-8(11)5-4-7(9)10/h4-6H,3H2,1-2H3/b5-4+. The van der Waals surface area contributed by atoms with Crippen LogP contribution in [0.2, 0.25) is 0 Å². The van der Waals surface area contributed by atoms with E-state index in [4.69, 9.17) is 16.3 Å². The van der Waals surface area contributed by atoms with Crippen molar-refractivity contribution in [1.29, 1.82) is 0 Å². The first-order valence-electron chi connectivity index (χ1n) is 3.64. The average Bonchev–Trinajstić information content (AvgIpc) is 2.00. The summed E-state index contributed by atoms with van der Waals surface area (Å²) in [6, 6.07) is 0. The van der Waals surface area contributed by atoms with E-state index in [0.29, 0.717) is 0 Å². The maximum atomic E-state index is 10.8. The van der Waals surface area contributed by atoms with Gasteiger partial charge in [0.25, 0.3) is 0 Å². The third-order valence-corrected chi connectivity index (χ3v) is 1.37.